The van der Waals surface area contributed by atoms with Gasteiger partial charge in [-0.1, -0.05) is 12.1 Å². The molecule has 0 saturated carbocycles. The number of hydrogen-bond donors (Lipinski definition) is 1. The Hall–Kier alpha value is -2.69. The molecule has 0 amide bonds. The van der Waals surface area contributed by atoms with E-state index in [4.69, 9.17) is 0 Å². The van der Waals surface area contributed by atoms with E-state index < -0.39 is 5.97 Å². The number of carboxylic acids is 1. The maximum Gasteiger partial charge on any atom is 0.336 e. The van der Waals surface area contributed by atoms with Crippen molar-refractivity contribution in [3.63, 3.8) is 0 Å². The zero-order valence-electron chi connectivity index (χ0n) is 12.1. The lowest BCUT2D eigenvalue weighted by molar-refractivity contribution is 0.0697. The fourth-order valence-corrected chi connectivity index (χ4v) is 2.62. The van der Waals surface area contributed by atoms with Crippen LogP contribution >= 0.6 is 0 Å². The zero-order valence-corrected chi connectivity index (χ0v) is 12.1. The van der Waals surface area contributed by atoms with Gasteiger partial charge in [0.25, 0.3) is 0 Å². The Balaban J connectivity index is 2.40. The molecule has 0 fully saturated rings. The van der Waals surface area contributed by atoms with Crippen LogP contribution in [0.25, 0.3) is 22.6 Å². The van der Waals surface area contributed by atoms with E-state index in [1.807, 2.05) is 42.8 Å². The molecule has 3 aromatic rings. The average Bonchev–Trinajstić information content (AvgIpc) is 2.78. The average molecular weight is 281 g/mol. The minimum atomic E-state index is -0.939. The fourth-order valence-electron chi connectivity index (χ4n) is 2.62. The number of benzene rings is 1. The molecule has 3 rings (SSSR count). The molecule has 106 valence electrons. The maximum atomic E-state index is 11.6. The van der Waals surface area contributed by atoms with E-state index in [1.165, 1.54) is 0 Å². The number of carbonyl (C=O) groups is 1. The van der Waals surface area contributed by atoms with Gasteiger partial charge in [-0.2, -0.15) is 0 Å². The number of nitrogens with zero attached hydrogens (tertiary/aromatic N) is 3. The fraction of sp³-hybridized carbons (Fsp3) is 0.188. The largest absolute Gasteiger partial charge is 0.478 e. The van der Waals surface area contributed by atoms with E-state index in [2.05, 4.69) is 9.97 Å². The van der Waals surface area contributed by atoms with Crippen LogP contribution in [0, 0.1) is 13.8 Å². The second-order valence-corrected chi connectivity index (χ2v) is 5.10. The summed E-state index contributed by atoms with van der Waals surface area (Å²) in [6.45, 7) is 3.70. The first-order chi connectivity index (χ1) is 10.0. The van der Waals surface area contributed by atoms with Gasteiger partial charge in [-0.3, -0.25) is 0 Å². The predicted molar refractivity (Wildman–Crippen MR) is 80.4 cm³/mol. The standard InChI is InChI=1S/C16H15N3O2/c1-9-6-7-10(2)13(16(20)21)12(9)15-18-14-11(19(15)3)5-4-8-17-14/h4-8H,1-3H3,(H,20,21). The van der Waals surface area contributed by atoms with Gasteiger partial charge in [0, 0.05) is 18.8 Å². The molecule has 0 atom stereocenters. The van der Waals surface area contributed by atoms with Crippen molar-refractivity contribution in [3.8, 4) is 11.4 Å². The van der Waals surface area contributed by atoms with E-state index in [9.17, 15) is 9.90 Å². The van der Waals surface area contributed by atoms with Gasteiger partial charge >= 0.3 is 5.97 Å². The van der Waals surface area contributed by atoms with Crippen LogP contribution in [-0.2, 0) is 7.05 Å². The molecule has 1 aromatic carbocycles. The van der Waals surface area contributed by atoms with Gasteiger partial charge in [-0.05, 0) is 37.1 Å². The zero-order chi connectivity index (χ0) is 15.1. The van der Waals surface area contributed by atoms with Crippen LogP contribution < -0.4 is 0 Å². The maximum absolute atomic E-state index is 11.6. The predicted octanol–water partition coefficient (Wildman–Crippen LogP) is 2.95. The van der Waals surface area contributed by atoms with Crippen LogP contribution in [0.4, 0.5) is 0 Å². The Bertz CT molecular complexity index is 865. The summed E-state index contributed by atoms with van der Waals surface area (Å²) in [5, 5.41) is 9.55. The van der Waals surface area contributed by atoms with Crippen molar-refractivity contribution in [2.24, 2.45) is 7.05 Å². The smallest absolute Gasteiger partial charge is 0.336 e. The van der Waals surface area contributed by atoms with Crippen molar-refractivity contribution in [1.29, 1.82) is 0 Å². The van der Waals surface area contributed by atoms with Gasteiger partial charge in [0.1, 0.15) is 5.82 Å². The van der Waals surface area contributed by atoms with E-state index in [0.717, 1.165) is 16.6 Å². The number of fused-ring (bicyclic) bond motifs is 1. The lowest BCUT2D eigenvalue weighted by Crippen LogP contribution is -2.07. The molecule has 21 heavy (non-hydrogen) atoms. The number of aromatic nitrogens is 3. The lowest BCUT2D eigenvalue weighted by Gasteiger charge is -2.12. The number of imidazole rings is 1. The van der Waals surface area contributed by atoms with Gasteiger partial charge in [-0.15, -0.1) is 0 Å². The SMILES string of the molecule is Cc1ccc(C)c(-c2nc3ncccc3n2C)c1C(=O)O. The molecule has 0 aliphatic carbocycles. The quantitative estimate of drug-likeness (QED) is 0.784. The van der Waals surface area contributed by atoms with Crippen LogP contribution in [0.1, 0.15) is 21.5 Å². The molecular formula is C16H15N3O2. The summed E-state index contributed by atoms with van der Waals surface area (Å²) >= 11 is 0. The molecule has 0 aliphatic rings. The topological polar surface area (TPSA) is 68.0 Å². The Morgan fingerprint density at radius 1 is 1.19 bits per heavy atom. The Morgan fingerprint density at radius 2 is 1.90 bits per heavy atom. The molecule has 5 heteroatoms. The molecule has 0 radical (unpaired) electrons. The van der Waals surface area contributed by atoms with Crippen molar-refractivity contribution in [2.75, 3.05) is 0 Å². The molecule has 2 aromatic heterocycles. The lowest BCUT2D eigenvalue weighted by atomic mass is 9.96. The Labute approximate surface area is 121 Å². The molecule has 2 heterocycles. The molecule has 0 spiro atoms. The third kappa shape index (κ3) is 1.98. The van der Waals surface area contributed by atoms with Crippen LogP contribution in [0.5, 0.6) is 0 Å². The van der Waals surface area contributed by atoms with E-state index in [1.54, 1.807) is 13.1 Å². The first kappa shape index (κ1) is 13.3. The third-order valence-electron chi connectivity index (χ3n) is 3.72. The van der Waals surface area contributed by atoms with Crippen LogP contribution in [0.2, 0.25) is 0 Å². The first-order valence-electron chi connectivity index (χ1n) is 6.62. The Kier molecular flexibility index (Phi) is 2.97. The van der Waals surface area contributed by atoms with Crippen molar-refractivity contribution in [3.05, 3.63) is 47.2 Å². The molecule has 0 saturated heterocycles. The van der Waals surface area contributed by atoms with E-state index >= 15 is 0 Å². The highest BCUT2D eigenvalue weighted by Crippen LogP contribution is 2.30. The summed E-state index contributed by atoms with van der Waals surface area (Å²) in [6, 6.07) is 7.51. The van der Waals surface area contributed by atoms with Gasteiger partial charge in [0.2, 0.25) is 0 Å². The van der Waals surface area contributed by atoms with Crippen LogP contribution in [0.15, 0.2) is 30.5 Å². The minimum absolute atomic E-state index is 0.299. The minimum Gasteiger partial charge on any atom is -0.478 e. The van der Waals surface area contributed by atoms with Gasteiger partial charge < -0.3 is 9.67 Å². The molecule has 0 unspecified atom stereocenters. The van der Waals surface area contributed by atoms with Gasteiger partial charge in [-0.25, -0.2) is 14.8 Å². The number of pyridine rings is 1. The highest BCUT2D eigenvalue weighted by molar-refractivity contribution is 5.98. The molecule has 1 N–H and O–H groups in total. The number of aromatic carboxylic acids is 1. The normalized spacial score (nSPS) is 11.0. The highest BCUT2D eigenvalue weighted by Gasteiger charge is 2.21. The van der Waals surface area contributed by atoms with Crippen molar-refractivity contribution < 1.29 is 9.90 Å². The Morgan fingerprint density at radius 3 is 2.57 bits per heavy atom. The van der Waals surface area contributed by atoms with Gasteiger partial charge in [0.05, 0.1) is 11.1 Å². The number of hydrogen-bond acceptors (Lipinski definition) is 3. The molecule has 5 nitrogen and oxygen atoms in total. The molecular weight excluding hydrogens is 266 g/mol. The molecule has 0 aliphatic heterocycles. The van der Waals surface area contributed by atoms with Crippen molar-refractivity contribution >= 4 is 17.1 Å². The highest BCUT2D eigenvalue weighted by atomic mass is 16.4. The summed E-state index contributed by atoms with van der Waals surface area (Å²) in [6.07, 6.45) is 1.68. The summed E-state index contributed by atoms with van der Waals surface area (Å²) in [7, 11) is 1.87. The summed E-state index contributed by atoms with van der Waals surface area (Å²) in [5.74, 6) is -0.312. The monoisotopic (exact) mass is 281 g/mol. The summed E-state index contributed by atoms with van der Waals surface area (Å²) in [4.78, 5) is 20.4. The number of rotatable bonds is 2. The second kappa shape index (κ2) is 4.70. The third-order valence-corrected chi connectivity index (χ3v) is 3.72. The van der Waals surface area contributed by atoms with Crippen LogP contribution in [-0.4, -0.2) is 25.6 Å². The van der Waals surface area contributed by atoms with E-state index in [-0.39, 0.29) is 0 Å². The first-order valence-corrected chi connectivity index (χ1v) is 6.62. The number of aryl methyl sites for hydroxylation is 3. The van der Waals surface area contributed by atoms with Crippen LogP contribution in [0.3, 0.4) is 0 Å². The summed E-state index contributed by atoms with van der Waals surface area (Å²) < 4.78 is 1.89. The number of carboxylic acid groups (broad SMARTS) is 1. The van der Waals surface area contributed by atoms with Gasteiger partial charge in [0.15, 0.2) is 5.65 Å². The molecule has 0 bridgehead atoms. The summed E-state index contributed by atoms with van der Waals surface area (Å²) in [5.41, 5.74) is 4.06. The second-order valence-electron chi connectivity index (χ2n) is 5.10. The van der Waals surface area contributed by atoms with Crippen molar-refractivity contribution in [1.82, 2.24) is 14.5 Å². The van der Waals surface area contributed by atoms with Crippen molar-refractivity contribution in [2.45, 2.75) is 13.8 Å². The van der Waals surface area contributed by atoms with E-state index in [0.29, 0.717) is 22.6 Å².